The third kappa shape index (κ3) is 3.69. The van der Waals surface area contributed by atoms with Gasteiger partial charge >= 0.3 is 0 Å². The van der Waals surface area contributed by atoms with E-state index in [4.69, 9.17) is 0 Å². The van der Waals surface area contributed by atoms with E-state index in [0.29, 0.717) is 5.56 Å². The van der Waals surface area contributed by atoms with Crippen molar-refractivity contribution in [3.63, 3.8) is 0 Å². The predicted octanol–water partition coefficient (Wildman–Crippen LogP) is 4.84. The minimum Gasteiger partial charge on any atom is -0.508 e. The van der Waals surface area contributed by atoms with Gasteiger partial charge in [-0.25, -0.2) is 0 Å². The smallest absolute Gasteiger partial charge is 0.133 e. The number of allylic oxidation sites excluding steroid dienone is 2. The fourth-order valence-electron chi connectivity index (χ4n) is 4.44. The molecule has 2 atom stereocenters. The Morgan fingerprint density at radius 1 is 1.12 bits per heavy atom. The van der Waals surface area contributed by atoms with E-state index in [2.05, 4.69) is 27.7 Å². The van der Waals surface area contributed by atoms with Crippen molar-refractivity contribution in [1.82, 2.24) is 0 Å². The minimum atomic E-state index is -1.68. The lowest BCUT2D eigenvalue weighted by Crippen LogP contribution is -2.45. The monoisotopic (exact) mass is 360 g/mol. The summed E-state index contributed by atoms with van der Waals surface area (Å²) in [6.07, 6.45) is 3.73. The molecular formula is C21H32O3Si. The highest BCUT2D eigenvalue weighted by molar-refractivity contribution is 6.91. The number of rotatable bonds is 6. The number of carbonyl (C=O) groups excluding carboxylic acids is 1. The molecule has 0 fully saturated rings. The zero-order valence-corrected chi connectivity index (χ0v) is 17.2. The molecule has 0 saturated heterocycles. The van der Waals surface area contributed by atoms with Gasteiger partial charge in [-0.3, -0.25) is 4.79 Å². The Kier molecular flexibility index (Phi) is 6.15. The van der Waals surface area contributed by atoms with E-state index in [0.717, 1.165) is 36.2 Å². The summed E-state index contributed by atoms with van der Waals surface area (Å²) in [5, 5.41) is 22.7. The van der Waals surface area contributed by atoms with Gasteiger partial charge in [0.1, 0.15) is 17.3 Å². The van der Waals surface area contributed by atoms with Crippen molar-refractivity contribution >= 4 is 19.0 Å². The minimum absolute atomic E-state index is 0.121. The molecular weight excluding hydrogens is 328 g/mol. The molecule has 0 radical (unpaired) electrons. The molecule has 0 aliphatic heterocycles. The Balaban J connectivity index is 2.57. The number of hydrogen-bond acceptors (Lipinski definition) is 3. The molecule has 2 N–H and O–H groups in total. The standard InChI is InChI=1S/C21H32O3Si/c1-6-25(7-2,8-3)16-12-19(23)21(20(24)13-16)18-11-14(4)9-10-17(18)15(5)22/h11-13,17-18,23-24H,6-10H2,1-5H3/t17-,18+/m1/s1. The summed E-state index contributed by atoms with van der Waals surface area (Å²) in [5.41, 5.74) is 1.74. The molecule has 1 aromatic carbocycles. The molecule has 0 aromatic heterocycles. The molecule has 1 aliphatic carbocycles. The van der Waals surface area contributed by atoms with Crippen LogP contribution in [0.15, 0.2) is 23.8 Å². The van der Waals surface area contributed by atoms with Gasteiger partial charge in [0, 0.05) is 17.4 Å². The summed E-state index contributed by atoms with van der Waals surface area (Å²) in [7, 11) is -1.68. The lowest BCUT2D eigenvalue weighted by molar-refractivity contribution is -0.121. The van der Waals surface area contributed by atoms with Crippen molar-refractivity contribution in [1.29, 1.82) is 0 Å². The van der Waals surface area contributed by atoms with Crippen molar-refractivity contribution in [2.24, 2.45) is 5.92 Å². The topological polar surface area (TPSA) is 57.5 Å². The van der Waals surface area contributed by atoms with Gasteiger partial charge in [0.2, 0.25) is 0 Å². The van der Waals surface area contributed by atoms with Crippen molar-refractivity contribution in [2.45, 2.75) is 71.5 Å². The first-order valence-corrected chi connectivity index (χ1v) is 12.2. The number of aromatic hydroxyl groups is 2. The van der Waals surface area contributed by atoms with E-state index in [1.54, 1.807) is 6.92 Å². The van der Waals surface area contributed by atoms with Crippen LogP contribution in [0.4, 0.5) is 0 Å². The van der Waals surface area contributed by atoms with Crippen LogP contribution in [0.25, 0.3) is 0 Å². The van der Waals surface area contributed by atoms with Gasteiger partial charge in [-0.1, -0.05) is 55.7 Å². The van der Waals surface area contributed by atoms with E-state index in [-0.39, 0.29) is 29.1 Å². The third-order valence-electron chi connectivity index (χ3n) is 6.38. The Bertz CT molecular complexity index is 642. The molecule has 0 unspecified atom stereocenters. The predicted molar refractivity (Wildman–Crippen MR) is 107 cm³/mol. The lowest BCUT2D eigenvalue weighted by Gasteiger charge is -2.32. The molecule has 2 rings (SSSR count). The molecule has 0 saturated carbocycles. The van der Waals surface area contributed by atoms with Crippen LogP contribution in [0.1, 0.15) is 58.9 Å². The maximum absolute atomic E-state index is 12.1. The summed E-state index contributed by atoms with van der Waals surface area (Å²) in [4.78, 5) is 12.1. The number of Topliss-reactive ketones (excluding diaryl/α,β-unsaturated/α-hetero) is 1. The Morgan fingerprint density at radius 3 is 2.08 bits per heavy atom. The van der Waals surface area contributed by atoms with Gasteiger partial charge in [-0.05, 0) is 38.8 Å². The van der Waals surface area contributed by atoms with Gasteiger partial charge < -0.3 is 10.2 Å². The molecule has 0 heterocycles. The second-order valence-electron chi connectivity index (χ2n) is 7.56. The summed E-state index contributed by atoms with van der Waals surface area (Å²) in [6.45, 7) is 10.3. The van der Waals surface area contributed by atoms with Crippen LogP contribution in [-0.4, -0.2) is 24.1 Å². The fourth-order valence-corrected chi connectivity index (χ4v) is 8.05. The zero-order chi connectivity index (χ0) is 18.8. The highest BCUT2D eigenvalue weighted by atomic mass is 28.3. The van der Waals surface area contributed by atoms with E-state index < -0.39 is 8.07 Å². The molecule has 138 valence electrons. The number of carbonyl (C=O) groups is 1. The van der Waals surface area contributed by atoms with Crippen LogP contribution in [-0.2, 0) is 4.79 Å². The average molecular weight is 361 g/mol. The van der Waals surface area contributed by atoms with Crippen LogP contribution in [0.5, 0.6) is 11.5 Å². The number of hydrogen-bond donors (Lipinski definition) is 2. The number of phenolic OH excluding ortho intramolecular Hbond substituents is 2. The first-order valence-electron chi connectivity index (χ1n) is 9.53. The Hall–Kier alpha value is -1.55. The van der Waals surface area contributed by atoms with Crippen LogP contribution in [0, 0.1) is 5.92 Å². The summed E-state index contributed by atoms with van der Waals surface area (Å²) < 4.78 is 0. The SMILES string of the molecule is CC[Si](CC)(CC)c1cc(O)c([C@H]2C=C(C)CC[C@@H]2C(C)=O)c(O)c1. The molecule has 0 bridgehead atoms. The highest BCUT2D eigenvalue weighted by Gasteiger charge is 2.35. The van der Waals surface area contributed by atoms with Gasteiger partial charge in [0.15, 0.2) is 0 Å². The molecule has 1 aliphatic rings. The molecule has 0 amide bonds. The first-order chi connectivity index (χ1) is 11.8. The lowest BCUT2D eigenvalue weighted by atomic mass is 9.75. The van der Waals surface area contributed by atoms with Crippen LogP contribution in [0.3, 0.4) is 0 Å². The second-order valence-corrected chi connectivity index (χ2v) is 12.8. The Labute approximate surface area is 152 Å². The van der Waals surface area contributed by atoms with Crippen molar-refractivity contribution < 1.29 is 15.0 Å². The van der Waals surface area contributed by atoms with Gasteiger partial charge in [-0.2, -0.15) is 0 Å². The van der Waals surface area contributed by atoms with Crippen molar-refractivity contribution in [3.8, 4) is 11.5 Å². The molecule has 0 spiro atoms. The number of ketones is 1. The van der Waals surface area contributed by atoms with Gasteiger partial charge in [0.25, 0.3) is 0 Å². The van der Waals surface area contributed by atoms with E-state index in [1.165, 1.54) is 5.57 Å². The maximum Gasteiger partial charge on any atom is 0.133 e. The van der Waals surface area contributed by atoms with Crippen molar-refractivity contribution in [3.05, 3.63) is 29.3 Å². The normalized spacial score (nSPS) is 21.1. The van der Waals surface area contributed by atoms with Crippen molar-refractivity contribution in [2.75, 3.05) is 0 Å². The van der Waals surface area contributed by atoms with E-state index >= 15 is 0 Å². The fraction of sp³-hybridized carbons (Fsp3) is 0.571. The summed E-state index contributed by atoms with van der Waals surface area (Å²) in [5.74, 6) is 0.00277. The van der Waals surface area contributed by atoms with Gasteiger partial charge in [-0.15, -0.1) is 0 Å². The van der Waals surface area contributed by atoms with Gasteiger partial charge in [0.05, 0.1) is 8.07 Å². The first kappa shape index (κ1) is 19.8. The quantitative estimate of drug-likeness (QED) is 0.563. The number of phenols is 2. The number of benzene rings is 1. The highest BCUT2D eigenvalue weighted by Crippen LogP contribution is 2.44. The molecule has 4 heteroatoms. The van der Waals surface area contributed by atoms with Crippen LogP contribution in [0.2, 0.25) is 18.1 Å². The van der Waals surface area contributed by atoms with E-state index in [1.807, 2.05) is 18.2 Å². The Morgan fingerprint density at radius 2 is 1.64 bits per heavy atom. The maximum atomic E-state index is 12.1. The van der Waals surface area contributed by atoms with Crippen LogP contribution < -0.4 is 5.19 Å². The third-order valence-corrected chi connectivity index (χ3v) is 12.0. The molecule has 3 nitrogen and oxygen atoms in total. The summed E-state index contributed by atoms with van der Waals surface area (Å²) >= 11 is 0. The van der Waals surface area contributed by atoms with E-state index in [9.17, 15) is 15.0 Å². The zero-order valence-electron chi connectivity index (χ0n) is 16.2. The second kappa shape index (κ2) is 7.77. The van der Waals surface area contributed by atoms with Crippen LogP contribution >= 0.6 is 0 Å². The molecule has 1 aromatic rings. The average Bonchev–Trinajstić information content (AvgIpc) is 2.56. The summed E-state index contributed by atoms with van der Waals surface area (Å²) in [6, 6.07) is 7.02. The molecule has 25 heavy (non-hydrogen) atoms. The largest absolute Gasteiger partial charge is 0.508 e.